The van der Waals surface area contributed by atoms with Crippen molar-refractivity contribution in [1.82, 2.24) is 29.5 Å². The van der Waals surface area contributed by atoms with Crippen LogP contribution in [0.15, 0.2) is 53.6 Å². The number of nitrogens with one attached hydrogen (secondary N) is 1. The molecule has 5 fully saturated rings. The zero-order valence-corrected chi connectivity index (χ0v) is 34.3. The lowest BCUT2D eigenvalue weighted by Gasteiger charge is -2.44. The molecule has 17 heteroatoms. The minimum atomic E-state index is -1.03. The van der Waals surface area contributed by atoms with Crippen LogP contribution in [0.4, 0.5) is 29.5 Å². The number of piperidine rings is 1. The second-order valence-corrected chi connectivity index (χ2v) is 17.4. The summed E-state index contributed by atoms with van der Waals surface area (Å²) in [5, 5.41) is 17.7. The van der Waals surface area contributed by atoms with Gasteiger partial charge in [0.25, 0.3) is 5.56 Å². The van der Waals surface area contributed by atoms with Crippen molar-refractivity contribution in [2.75, 3.05) is 49.1 Å². The highest BCUT2D eigenvalue weighted by molar-refractivity contribution is 6.08. The molecule has 3 amide bonds. The first-order chi connectivity index (χ1) is 30.0. The molecule has 1 saturated carbocycles. The third-order valence-corrected chi connectivity index (χ3v) is 13.8. The van der Waals surface area contributed by atoms with Crippen LogP contribution < -0.4 is 25.4 Å². The number of nitriles is 1. The van der Waals surface area contributed by atoms with E-state index in [0.717, 1.165) is 57.1 Å². The van der Waals surface area contributed by atoms with Crippen molar-refractivity contribution >= 4 is 45.2 Å². The fourth-order valence-corrected chi connectivity index (χ4v) is 10.5. The van der Waals surface area contributed by atoms with E-state index in [4.69, 9.17) is 9.47 Å². The standard InChI is InChI=1S/C45H46F3N9O5/c1-53-39-20-31(36(48)19-33(39)42(52-53)56-15-11-40(58)51-44(56)60)26-2-4-28(5-3-26)54-16-12-45(13-17-54)21-29(24-61-45)57-25-50-37-8-6-30(18-32(37)43(57)59)62-41-34(22-49)38(9-7-35(41)47)55-14-10-27(46)23-55/h6-9,18-20,25-29H,2-5,10-17,21,23-24H2,1H3,(H,51,58,60)/t26?,27?,28?,29-/m1/s1. The van der Waals surface area contributed by atoms with Gasteiger partial charge in [-0.2, -0.15) is 10.4 Å². The smallest absolute Gasteiger partial charge is 0.329 e. The van der Waals surface area contributed by atoms with E-state index < -0.39 is 18.0 Å². The number of imide groups is 1. The molecule has 322 valence electrons. The number of hydrogen-bond donors (Lipinski definition) is 1. The van der Waals surface area contributed by atoms with Crippen molar-refractivity contribution in [2.24, 2.45) is 7.05 Å². The van der Waals surface area contributed by atoms with Gasteiger partial charge in [-0.3, -0.25) is 29.1 Å². The van der Waals surface area contributed by atoms with E-state index in [-0.39, 0.29) is 71.4 Å². The molecule has 1 aliphatic carbocycles. The lowest BCUT2D eigenvalue weighted by atomic mass is 9.79. The fourth-order valence-electron chi connectivity index (χ4n) is 10.5. The number of ether oxygens (including phenoxy) is 2. The first-order valence-electron chi connectivity index (χ1n) is 21.4. The zero-order chi connectivity index (χ0) is 42.9. The lowest BCUT2D eigenvalue weighted by molar-refractivity contribution is -0.120. The number of hydrogen-bond acceptors (Lipinski definition) is 10. The van der Waals surface area contributed by atoms with Gasteiger partial charge in [0, 0.05) is 57.6 Å². The summed E-state index contributed by atoms with van der Waals surface area (Å²) in [4.78, 5) is 48.4. The number of carbonyl (C=O) groups is 2. The fraction of sp³-hybridized carbons (Fsp3) is 0.467. The average Bonchev–Trinajstić information content (AvgIpc) is 3.98. The summed E-state index contributed by atoms with van der Waals surface area (Å²) in [5.74, 6) is -1.10. The molecule has 4 saturated heterocycles. The van der Waals surface area contributed by atoms with E-state index in [1.165, 1.54) is 29.2 Å². The third-order valence-electron chi connectivity index (χ3n) is 13.8. The average molecular weight is 850 g/mol. The number of halogens is 3. The van der Waals surface area contributed by atoms with Crippen molar-refractivity contribution in [2.45, 2.75) is 87.6 Å². The molecule has 0 radical (unpaired) electrons. The number of benzene rings is 3. The Hall–Kier alpha value is -5.99. The molecule has 2 atom stereocenters. The highest BCUT2D eigenvalue weighted by atomic mass is 19.1. The molecule has 62 heavy (non-hydrogen) atoms. The minimum absolute atomic E-state index is 0.0346. The van der Waals surface area contributed by atoms with Gasteiger partial charge in [0.1, 0.15) is 29.4 Å². The predicted molar refractivity (Wildman–Crippen MR) is 223 cm³/mol. The van der Waals surface area contributed by atoms with Gasteiger partial charge in [0.05, 0.1) is 46.7 Å². The van der Waals surface area contributed by atoms with Crippen molar-refractivity contribution in [3.05, 3.63) is 81.9 Å². The largest absolute Gasteiger partial charge is 0.453 e. The maximum atomic E-state index is 15.8. The monoisotopic (exact) mass is 849 g/mol. The van der Waals surface area contributed by atoms with Crippen molar-refractivity contribution < 1.29 is 32.2 Å². The first-order valence-corrected chi connectivity index (χ1v) is 21.4. The number of nitrogens with zero attached hydrogens (tertiary/aromatic N) is 8. The van der Waals surface area contributed by atoms with E-state index in [0.29, 0.717) is 65.4 Å². The zero-order valence-electron chi connectivity index (χ0n) is 34.3. The van der Waals surface area contributed by atoms with Crippen LogP contribution in [0.5, 0.6) is 11.5 Å². The number of aryl methyl sites for hydroxylation is 1. The molecular weight excluding hydrogens is 804 g/mol. The lowest BCUT2D eigenvalue weighted by Crippen LogP contribution is -2.49. The van der Waals surface area contributed by atoms with Gasteiger partial charge in [-0.25, -0.2) is 22.9 Å². The quantitative estimate of drug-likeness (QED) is 0.187. The number of amides is 3. The Labute approximate surface area is 354 Å². The number of alkyl halides is 1. The third kappa shape index (κ3) is 7.12. The molecule has 3 aromatic carbocycles. The number of fused-ring (bicyclic) bond motifs is 2. The number of rotatable bonds is 7. The van der Waals surface area contributed by atoms with Gasteiger partial charge in [0.2, 0.25) is 5.91 Å². The number of carbonyl (C=O) groups excluding carboxylic acids is 2. The van der Waals surface area contributed by atoms with Gasteiger partial charge < -0.3 is 19.3 Å². The van der Waals surface area contributed by atoms with Crippen LogP contribution in [-0.4, -0.2) is 93.3 Å². The van der Waals surface area contributed by atoms with Crippen molar-refractivity contribution in [3.63, 3.8) is 0 Å². The van der Waals surface area contributed by atoms with Gasteiger partial charge in [-0.1, -0.05) is 0 Å². The summed E-state index contributed by atoms with van der Waals surface area (Å²) < 4.78 is 60.7. The summed E-state index contributed by atoms with van der Waals surface area (Å²) in [7, 11) is 1.78. The Bertz CT molecular complexity index is 2720. The van der Waals surface area contributed by atoms with Gasteiger partial charge in [0.15, 0.2) is 17.4 Å². The summed E-state index contributed by atoms with van der Waals surface area (Å²) in [6.07, 6.45) is 6.89. The summed E-state index contributed by atoms with van der Waals surface area (Å²) in [5.41, 5.74) is 1.58. The molecule has 14 nitrogen and oxygen atoms in total. The molecule has 6 heterocycles. The molecule has 1 spiro atoms. The van der Waals surface area contributed by atoms with E-state index >= 15 is 8.78 Å². The topological polar surface area (TPSA) is 151 Å². The summed E-state index contributed by atoms with van der Waals surface area (Å²) >= 11 is 0. The Morgan fingerprint density at radius 1 is 0.935 bits per heavy atom. The van der Waals surface area contributed by atoms with Crippen LogP contribution in [0, 0.1) is 23.0 Å². The highest BCUT2D eigenvalue weighted by Crippen LogP contribution is 2.44. The second-order valence-electron chi connectivity index (χ2n) is 17.4. The van der Waals surface area contributed by atoms with E-state index in [9.17, 15) is 24.0 Å². The normalized spacial score (nSPS) is 24.3. The van der Waals surface area contributed by atoms with Crippen molar-refractivity contribution in [1.29, 1.82) is 5.26 Å². The Morgan fingerprint density at radius 3 is 2.48 bits per heavy atom. The molecule has 1 N–H and O–H groups in total. The number of anilines is 2. The molecular formula is C45H46F3N9O5. The van der Waals surface area contributed by atoms with Crippen LogP contribution in [0.1, 0.15) is 80.9 Å². The van der Waals surface area contributed by atoms with E-state index in [1.54, 1.807) is 39.7 Å². The Morgan fingerprint density at radius 2 is 1.74 bits per heavy atom. The number of urea groups is 1. The molecule has 0 bridgehead atoms. The van der Waals surface area contributed by atoms with Crippen LogP contribution in [0.25, 0.3) is 21.8 Å². The summed E-state index contributed by atoms with van der Waals surface area (Å²) in [6.45, 7) is 2.79. The van der Waals surface area contributed by atoms with Crippen LogP contribution >= 0.6 is 0 Å². The molecule has 1 unspecified atom stereocenters. The number of likely N-dealkylation sites (tertiary alicyclic amines) is 1. The maximum absolute atomic E-state index is 15.8. The molecule has 5 aromatic rings. The summed E-state index contributed by atoms with van der Waals surface area (Å²) in [6, 6.07) is 12.4. The molecule has 2 aromatic heterocycles. The van der Waals surface area contributed by atoms with Crippen LogP contribution in [0.3, 0.4) is 0 Å². The van der Waals surface area contributed by atoms with E-state index in [2.05, 4.69) is 20.3 Å². The number of aromatic nitrogens is 4. The molecule has 10 rings (SSSR count). The Balaban J connectivity index is 0.777. The maximum Gasteiger partial charge on any atom is 0.329 e. The van der Waals surface area contributed by atoms with E-state index in [1.807, 2.05) is 12.1 Å². The van der Waals surface area contributed by atoms with Crippen molar-refractivity contribution in [3.8, 4) is 17.6 Å². The van der Waals surface area contributed by atoms with Gasteiger partial charge in [-0.05, 0) is 105 Å². The van der Waals surface area contributed by atoms with Crippen LogP contribution in [-0.2, 0) is 16.6 Å². The minimum Gasteiger partial charge on any atom is -0.453 e. The highest BCUT2D eigenvalue weighted by Gasteiger charge is 2.45. The van der Waals surface area contributed by atoms with Gasteiger partial charge >= 0.3 is 6.03 Å². The second kappa shape index (κ2) is 15.7. The van der Waals surface area contributed by atoms with Gasteiger partial charge in [-0.15, -0.1) is 0 Å². The first kappa shape index (κ1) is 40.1. The molecule has 5 aliphatic rings. The molecule has 4 aliphatic heterocycles. The van der Waals surface area contributed by atoms with Crippen LogP contribution in [0.2, 0.25) is 0 Å². The predicted octanol–water partition coefficient (Wildman–Crippen LogP) is 6.74. The SMILES string of the molecule is Cn1nc(N2CCC(=O)NC2=O)c2cc(F)c(C3CCC(N4CCC5(CC4)C[C@@H](n4cnc6ccc(Oc7c(F)ccc(N8CCC(F)C8)c7C#N)cc6c4=O)CO5)CC3)cc21. The Kier molecular flexibility index (Phi) is 10.2.